The molecular formula is C14H20N2O4S. The van der Waals surface area contributed by atoms with Crippen LogP contribution in [0.1, 0.15) is 36.3 Å². The van der Waals surface area contributed by atoms with Crippen molar-refractivity contribution in [2.75, 3.05) is 13.2 Å². The smallest absolute Gasteiger partial charge is 0.328 e. The second-order valence-electron chi connectivity index (χ2n) is 5.48. The van der Waals surface area contributed by atoms with Gasteiger partial charge in [0.1, 0.15) is 5.69 Å². The fraction of sp³-hybridized carbons (Fsp3) is 0.500. The number of ether oxygens (including phenoxy) is 1. The number of nitrogens with one attached hydrogen (secondary N) is 1. The lowest BCUT2D eigenvalue weighted by Crippen LogP contribution is -2.44. The zero-order valence-corrected chi connectivity index (χ0v) is 13.2. The molecule has 0 fully saturated rings. The predicted octanol–water partition coefficient (Wildman–Crippen LogP) is 1.83. The molecule has 0 saturated heterocycles. The molecule has 21 heavy (non-hydrogen) atoms. The molecule has 0 bridgehead atoms. The van der Waals surface area contributed by atoms with Crippen molar-refractivity contribution in [2.24, 2.45) is 0 Å². The van der Waals surface area contributed by atoms with Gasteiger partial charge in [0, 0.05) is 10.8 Å². The van der Waals surface area contributed by atoms with Gasteiger partial charge in [0.25, 0.3) is 5.91 Å². The molecule has 0 spiro atoms. The molecule has 6 nitrogen and oxygen atoms in total. The van der Waals surface area contributed by atoms with Crippen molar-refractivity contribution in [3.05, 3.63) is 28.7 Å². The molecule has 2 N–H and O–H groups in total. The average molecular weight is 312 g/mol. The van der Waals surface area contributed by atoms with Crippen LogP contribution in [0.3, 0.4) is 0 Å². The van der Waals surface area contributed by atoms with Gasteiger partial charge in [-0.15, -0.1) is 17.9 Å². The third kappa shape index (κ3) is 5.28. The van der Waals surface area contributed by atoms with Crippen molar-refractivity contribution in [1.29, 1.82) is 0 Å². The Balaban J connectivity index is 2.71. The van der Waals surface area contributed by atoms with E-state index in [0.717, 1.165) is 5.01 Å². The van der Waals surface area contributed by atoms with Crippen LogP contribution in [0.15, 0.2) is 18.0 Å². The van der Waals surface area contributed by atoms with E-state index in [0.29, 0.717) is 0 Å². The van der Waals surface area contributed by atoms with Crippen LogP contribution in [0.5, 0.6) is 0 Å². The first-order valence-corrected chi connectivity index (χ1v) is 7.32. The largest absolute Gasteiger partial charge is 0.480 e. The average Bonchev–Trinajstić information content (AvgIpc) is 2.86. The highest BCUT2D eigenvalue weighted by atomic mass is 32.1. The van der Waals surface area contributed by atoms with Crippen molar-refractivity contribution >= 4 is 23.2 Å². The van der Waals surface area contributed by atoms with Crippen molar-refractivity contribution in [2.45, 2.75) is 32.2 Å². The molecule has 1 unspecified atom stereocenters. The summed E-state index contributed by atoms with van der Waals surface area (Å²) < 4.78 is 5.07. The quantitative estimate of drug-likeness (QED) is 0.592. The Morgan fingerprint density at radius 3 is 2.71 bits per heavy atom. The number of thiazole rings is 1. The number of amides is 1. The second kappa shape index (κ2) is 7.33. The van der Waals surface area contributed by atoms with Crippen LogP contribution in [0, 0.1) is 0 Å². The first-order valence-electron chi connectivity index (χ1n) is 6.44. The number of hydrogen-bond donors (Lipinski definition) is 2. The number of carboxylic acids is 1. The summed E-state index contributed by atoms with van der Waals surface area (Å²) in [6, 6.07) is -1.11. The number of carbonyl (C=O) groups excluding carboxylic acids is 1. The number of rotatable bonds is 7. The summed E-state index contributed by atoms with van der Waals surface area (Å²) in [6.45, 7) is 9.56. The van der Waals surface area contributed by atoms with Crippen molar-refractivity contribution in [3.63, 3.8) is 0 Å². The minimum atomic E-state index is -1.15. The minimum Gasteiger partial charge on any atom is -0.480 e. The lowest BCUT2D eigenvalue weighted by Gasteiger charge is -2.14. The van der Waals surface area contributed by atoms with Gasteiger partial charge in [-0.2, -0.15) is 0 Å². The van der Waals surface area contributed by atoms with Crippen LogP contribution in [0.25, 0.3) is 0 Å². The highest BCUT2D eigenvalue weighted by molar-refractivity contribution is 7.10. The van der Waals surface area contributed by atoms with Crippen molar-refractivity contribution in [3.8, 4) is 0 Å². The van der Waals surface area contributed by atoms with Crippen LogP contribution in [0.4, 0.5) is 0 Å². The van der Waals surface area contributed by atoms with Gasteiger partial charge in [-0.1, -0.05) is 26.8 Å². The number of aliphatic carboxylic acids is 1. The molecule has 0 aromatic carbocycles. The van der Waals surface area contributed by atoms with Crippen molar-refractivity contribution in [1.82, 2.24) is 10.3 Å². The zero-order chi connectivity index (χ0) is 16.0. The number of carboxylic acid groups (broad SMARTS) is 1. The fourth-order valence-corrected chi connectivity index (χ4v) is 2.29. The molecule has 0 saturated carbocycles. The van der Waals surface area contributed by atoms with Gasteiger partial charge >= 0.3 is 5.97 Å². The van der Waals surface area contributed by atoms with Crippen LogP contribution in [-0.2, 0) is 14.9 Å². The Morgan fingerprint density at radius 1 is 1.57 bits per heavy atom. The van der Waals surface area contributed by atoms with Gasteiger partial charge in [-0.3, -0.25) is 4.79 Å². The number of carbonyl (C=O) groups is 2. The van der Waals surface area contributed by atoms with Gasteiger partial charge in [0.2, 0.25) is 0 Å². The molecule has 0 radical (unpaired) electrons. The molecule has 0 aliphatic rings. The van der Waals surface area contributed by atoms with Crippen molar-refractivity contribution < 1.29 is 19.4 Å². The van der Waals surface area contributed by atoms with E-state index in [4.69, 9.17) is 9.84 Å². The van der Waals surface area contributed by atoms with Gasteiger partial charge in [-0.05, 0) is 0 Å². The molecule has 1 heterocycles. The Kier molecular flexibility index (Phi) is 6.04. The Bertz CT molecular complexity index is 519. The molecule has 7 heteroatoms. The van der Waals surface area contributed by atoms with E-state index < -0.39 is 17.9 Å². The first kappa shape index (κ1) is 17.3. The maximum absolute atomic E-state index is 12.0. The predicted molar refractivity (Wildman–Crippen MR) is 80.7 cm³/mol. The normalized spacial score (nSPS) is 12.7. The van der Waals surface area contributed by atoms with Gasteiger partial charge in [0.15, 0.2) is 6.04 Å². The maximum atomic E-state index is 12.0. The third-order valence-electron chi connectivity index (χ3n) is 2.50. The first-order chi connectivity index (χ1) is 9.75. The van der Waals surface area contributed by atoms with E-state index >= 15 is 0 Å². The highest BCUT2D eigenvalue weighted by Crippen LogP contribution is 2.25. The van der Waals surface area contributed by atoms with E-state index in [9.17, 15) is 9.59 Å². The summed E-state index contributed by atoms with van der Waals surface area (Å²) in [6.07, 6.45) is 1.51. The molecule has 1 amide bonds. The standard InChI is InChI=1S/C14H20N2O4S/c1-5-6-20-7-9(12(18)19)15-11(17)10-8-21-13(16-10)14(2,3)4/h5,8-9H,1,6-7H2,2-4H3,(H,15,17)(H,18,19). The topological polar surface area (TPSA) is 88.5 Å². The van der Waals surface area contributed by atoms with E-state index in [1.165, 1.54) is 17.4 Å². The zero-order valence-electron chi connectivity index (χ0n) is 12.4. The third-order valence-corrected chi connectivity index (χ3v) is 3.77. The fourth-order valence-electron chi connectivity index (χ4n) is 1.40. The molecule has 1 rings (SSSR count). The Hall–Kier alpha value is -1.73. The molecular weight excluding hydrogens is 292 g/mol. The molecule has 0 aliphatic carbocycles. The monoisotopic (exact) mass is 312 g/mol. The molecule has 0 aliphatic heterocycles. The highest BCUT2D eigenvalue weighted by Gasteiger charge is 2.24. The Labute approximate surface area is 127 Å². The lowest BCUT2D eigenvalue weighted by molar-refractivity contribution is -0.140. The molecule has 1 atom stereocenters. The summed E-state index contributed by atoms with van der Waals surface area (Å²) >= 11 is 1.38. The van der Waals surface area contributed by atoms with Crippen LogP contribution < -0.4 is 5.32 Å². The van der Waals surface area contributed by atoms with Crippen LogP contribution in [0.2, 0.25) is 0 Å². The maximum Gasteiger partial charge on any atom is 0.328 e. The Morgan fingerprint density at radius 2 is 2.24 bits per heavy atom. The van der Waals surface area contributed by atoms with Gasteiger partial charge < -0.3 is 15.2 Å². The molecule has 116 valence electrons. The van der Waals surface area contributed by atoms with E-state index in [1.807, 2.05) is 20.8 Å². The summed E-state index contributed by atoms with van der Waals surface area (Å²) in [5.41, 5.74) is 0.0718. The van der Waals surface area contributed by atoms with Crippen LogP contribution >= 0.6 is 11.3 Å². The SMILES string of the molecule is C=CCOCC(NC(=O)c1csc(C(C)(C)C)n1)C(=O)O. The second-order valence-corrected chi connectivity index (χ2v) is 6.34. The van der Waals surface area contributed by atoms with Gasteiger partial charge in [-0.25, -0.2) is 9.78 Å². The number of nitrogens with zero attached hydrogens (tertiary/aromatic N) is 1. The van der Waals surface area contributed by atoms with E-state index in [-0.39, 0.29) is 24.3 Å². The summed E-state index contributed by atoms with van der Waals surface area (Å²) in [5, 5.41) is 13.9. The lowest BCUT2D eigenvalue weighted by atomic mass is 9.98. The summed E-state index contributed by atoms with van der Waals surface area (Å²) in [7, 11) is 0. The molecule has 1 aromatic rings. The summed E-state index contributed by atoms with van der Waals surface area (Å²) in [4.78, 5) is 27.4. The van der Waals surface area contributed by atoms with Crippen LogP contribution in [-0.4, -0.2) is 41.2 Å². The van der Waals surface area contributed by atoms with E-state index in [1.54, 1.807) is 5.38 Å². The van der Waals surface area contributed by atoms with Gasteiger partial charge in [0.05, 0.1) is 18.2 Å². The number of aromatic nitrogens is 1. The molecule has 1 aromatic heterocycles. The number of hydrogen-bond acceptors (Lipinski definition) is 5. The minimum absolute atomic E-state index is 0.122. The van der Waals surface area contributed by atoms with E-state index in [2.05, 4.69) is 16.9 Å². The summed E-state index contributed by atoms with van der Waals surface area (Å²) in [5.74, 6) is -1.67.